The largest absolute Gasteiger partial charge is 0.356 e. The van der Waals surface area contributed by atoms with Crippen LogP contribution >= 0.6 is 24.0 Å². The van der Waals surface area contributed by atoms with E-state index in [-0.39, 0.29) is 35.9 Å². The lowest BCUT2D eigenvalue weighted by molar-refractivity contribution is -0.130. The highest BCUT2D eigenvalue weighted by molar-refractivity contribution is 14.0. The Labute approximate surface area is 193 Å². The molecule has 1 saturated heterocycles. The Morgan fingerprint density at radius 3 is 2.14 bits per heavy atom. The molecule has 8 nitrogen and oxygen atoms in total. The lowest BCUT2D eigenvalue weighted by Crippen LogP contribution is -2.43. The van der Waals surface area contributed by atoms with E-state index in [1.165, 1.54) is 4.90 Å². The summed E-state index contributed by atoms with van der Waals surface area (Å²) in [5.41, 5.74) is -0.762. The molecule has 0 bridgehead atoms. The van der Waals surface area contributed by atoms with E-state index in [1.807, 2.05) is 6.92 Å². The quantitative estimate of drug-likeness (QED) is 0.127. The predicted molar refractivity (Wildman–Crippen MR) is 130 cm³/mol. The van der Waals surface area contributed by atoms with Crippen LogP contribution in [0.4, 0.5) is 4.79 Å². The summed E-state index contributed by atoms with van der Waals surface area (Å²) < 4.78 is 0. The van der Waals surface area contributed by atoms with Crippen LogP contribution in [0.1, 0.15) is 60.8 Å². The standard InChI is InChI=1S/C20H40N6O2.HI/c1-8-20(6)17(27)26(19(28)24-20)14-10-12-23-18(21-7)22-11-9-13-25(15(2)3)16(4)5;/h15-16H,8-14H2,1-7H3,(H,24,28)(H2,21,22,23);1H. The van der Waals surface area contributed by atoms with Crippen LogP contribution in [0.3, 0.4) is 0 Å². The highest BCUT2D eigenvalue weighted by atomic mass is 127. The second-order valence-electron chi connectivity index (χ2n) is 8.13. The van der Waals surface area contributed by atoms with Gasteiger partial charge in [-0.1, -0.05) is 6.92 Å². The van der Waals surface area contributed by atoms with Crippen molar-refractivity contribution < 1.29 is 9.59 Å². The number of nitrogens with one attached hydrogen (secondary N) is 3. The summed E-state index contributed by atoms with van der Waals surface area (Å²) in [6.45, 7) is 15.5. The van der Waals surface area contributed by atoms with Crippen LogP contribution in [0.5, 0.6) is 0 Å². The van der Waals surface area contributed by atoms with Gasteiger partial charge in [0.05, 0.1) is 0 Å². The molecule has 0 aromatic carbocycles. The van der Waals surface area contributed by atoms with E-state index >= 15 is 0 Å². The molecule has 1 aliphatic heterocycles. The van der Waals surface area contributed by atoms with E-state index in [0.717, 1.165) is 25.5 Å². The third-order valence-electron chi connectivity index (χ3n) is 5.34. The average Bonchev–Trinajstić information content (AvgIpc) is 2.85. The molecule has 1 aliphatic rings. The molecule has 9 heteroatoms. The SMILES string of the molecule is CCC1(C)NC(=O)N(CCCNC(=NC)NCCCN(C(C)C)C(C)C)C1=O.I. The zero-order valence-corrected chi connectivity index (χ0v) is 21.5. The van der Waals surface area contributed by atoms with Crippen LogP contribution in [0.2, 0.25) is 0 Å². The maximum absolute atomic E-state index is 12.4. The third kappa shape index (κ3) is 8.27. The van der Waals surface area contributed by atoms with E-state index in [4.69, 9.17) is 0 Å². The van der Waals surface area contributed by atoms with E-state index < -0.39 is 5.54 Å². The number of carbonyl (C=O) groups is 2. The number of imide groups is 1. The Morgan fingerprint density at radius 1 is 1.14 bits per heavy atom. The first-order valence-electron chi connectivity index (χ1n) is 10.5. The molecule has 0 saturated carbocycles. The van der Waals surface area contributed by atoms with Crippen molar-refractivity contribution in [3.05, 3.63) is 0 Å². The predicted octanol–water partition coefficient (Wildman–Crippen LogP) is 2.39. The first-order chi connectivity index (χ1) is 13.2. The monoisotopic (exact) mass is 524 g/mol. The lowest BCUT2D eigenvalue weighted by atomic mass is 9.99. The molecule has 0 aliphatic carbocycles. The normalized spacial score (nSPS) is 19.8. The van der Waals surface area contributed by atoms with Crippen molar-refractivity contribution in [2.45, 2.75) is 78.4 Å². The number of guanidine groups is 1. The molecular formula is C20H41IN6O2. The number of nitrogens with zero attached hydrogens (tertiary/aromatic N) is 3. The molecule has 1 fully saturated rings. The number of hydrogen-bond acceptors (Lipinski definition) is 4. The number of amides is 3. The number of urea groups is 1. The van der Waals surface area contributed by atoms with Gasteiger partial charge in [-0.25, -0.2) is 4.79 Å². The van der Waals surface area contributed by atoms with Crippen LogP contribution in [-0.4, -0.2) is 78.5 Å². The van der Waals surface area contributed by atoms with E-state index in [2.05, 4.69) is 53.5 Å². The summed E-state index contributed by atoms with van der Waals surface area (Å²) in [5.74, 6) is 0.610. The first kappa shape index (κ1) is 27.9. The van der Waals surface area contributed by atoms with Crippen molar-refractivity contribution in [3.8, 4) is 0 Å². The average molecular weight is 524 g/mol. The number of halogens is 1. The molecule has 170 valence electrons. The Bertz CT molecular complexity index is 547. The minimum absolute atomic E-state index is 0. The molecule has 0 aromatic rings. The van der Waals surface area contributed by atoms with Crippen molar-refractivity contribution in [3.63, 3.8) is 0 Å². The van der Waals surface area contributed by atoms with Crippen LogP contribution in [0.25, 0.3) is 0 Å². The number of hydrogen-bond donors (Lipinski definition) is 3. The van der Waals surface area contributed by atoms with Crippen molar-refractivity contribution in [1.82, 2.24) is 25.8 Å². The third-order valence-corrected chi connectivity index (χ3v) is 5.34. The van der Waals surface area contributed by atoms with Gasteiger partial charge in [0.1, 0.15) is 5.54 Å². The van der Waals surface area contributed by atoms with Gasteiger partial charge in [-0.05, 0) is 53.9 Å². The van der Waals surface area contributed by atoms with Gasteiger partial charge < -0.3 is 16.0 Å². The molecule has 0 aromatic heterocycles. The molecule has 1 atom stereocenters. The Hall–Kier alpha value is -1.10. The Morgan fingerprint density at radius 2 is 1.69 bits per heavy atom. The molecule has 1 heterocycles. The molecule has 3 amide bonds. The van der Waals surface area contributed by atoms with Crippen molar-refractivity contribution in [1.29, 1.82) is 0 Å². The molecule has 0 spiro atoms. The van der Waals surface area contributed by atoms with Crippen molar-refractivity contribution in [2.24, 2.45) is 4.99 Å². The number of aliphatic imine (C=N–C) groups is 1. The molecule has 3 N–H and O–H groups in total. The van der Waals surface area contributed by atoms with E-state index in [0.29, 0.717) is 38.0 Å². The van der Waals surface area contributed by atoms with Crippen LogP contribution in [0, 0.1) is 0 Å². The molecule has 1 rings (SSSR count). The molecular weight excluding hydrogens is 483 g/mol. The summed E-state index contributed by atoms with van der Waals surface area (Å²) in [7, 11) is 1.74. The number of carbonyl (C=O) groups excluding carboxylic acids is 2. The maximum Gasteiger partial charge on any atom is 0.325 e. The van der Waals surface area contributed by atoms with Gasteiger partial charge in [0.2, 0.25) is 0 Å². The van der Waals surface area contributed by atoms with Crippen LogP contribution in [0.15, 0.2) is 4.99 Å². The zero-order valence-electron chi connectivity index (χ0n) is 19.2. The maximum atomic E-state index is 12.4. The molecule has 29 heavy (non-hydrogen) atoms. The van der Waals surface area contributed by atoms with Gasteiger partial charge in [0.25, 0.3) is 5.91 Å². The van der Waals surface area contributed by atoms with E-state index in [9.17, 15) is 9.59 Å². The fraction of sp³-hybridized carbons (Fsp3) is 0.850. The van der Waals surface area contributed by atoms with Crippen molar-refractivity contribution in [2.75, 3.05) is 33.2 Å². The van der Waals surface area contributed by atoms with Crippen molar-refractivity contribution >= 4 is 41.9 Å². The van der Waals surface area contributed by atoms with E-state index in [1.54, 1.807) is 14.0 Å². The smallest absolute Gasteiger partial charge is 0.325 e. The van der Waals surface area contributed by atoms with Gasteiger partial charge >= 0.3 is 6.03 Å². The Kier molecular flexibility index (Phi) is 12.7. The fourth-order valence-electron chi connectivity index (χ4n) is 3.44. The lowest BCUT2D eigenvalue weighted by Gasteiger charge is -2.30. The summed E-state index contributed by atoms with van der Waals surface area (Å²) in [5, 5.41) is 9.35. The summed E-state index contributed by atoms with van der Waals surface area (Å²) in [4.78, 5) is 32.4. The zero-order chi connectivity index (χ0) is 21.3. The highest BCUT2D eigenvalue weighted by Gasteiger charge is 2.45. The molecule has 1 unspecified atom stereocenters. The summed E-state index contributed by atoms with van der Waals surface area (Å²) >= 11 is 0. The van der Waals surface area contributed by atoms with Gasteiger partial charge in [-0.2, -0.15) is 0 Å². The second-order valence-corrected chi connectivity index (χ2v) is 8.13. The fourth-order valence-corrected chi connectivity index (χ4v) is 3.44. The van der Waals surface area contributed by atoms with Gasteiger partial charge in [0.15, 0.2) is 5.96 Å². The van der Waals surface area contributed by atoms with Crippen LogP contribution < -0.4 is 16.0 Å². The molecule has 0 radical (unpaired) electrons. The Balaban J connectivity index is 0.00000784. The van der Waals surface area contributed by atoms with Gasteiger partial charge in [-0.3, -0.25) is 19.6 Å². The topological polar surface area (TPSA) is 89.1 Å². The van der Waals surface area contributed by atoms with Gasteiger partial charge in [-0.15, -0.1) is 24.0 Å². The number of rotatable bonds is 11. The minimum atomic E-state index is -0.762. The second kappa shape index (κ2) is 13.3. The summed E-state index contributed by atoms with van der Waals surface area (Å²) in [6.07, 6.45) is 2.30. The highest BCUT2D eigenvalue weighted by Crippen LogP contribution is 2.20. The van der Waals surface area contributed by atoms with Crippen LogP contribution in [-0.2, 0) is 4.79 Å². The van der Waals surface area contributed by atoms with Gasteiger partial charge in [0, 0.05) is 45.3 Å². The first-order valence-corrected chi connectivity index (χ1v) is 10.5. The minimum Gasteiger partial charge on any atom is -0.356 e. The summed E-state index contributed by atoms with van der Waals surface area (Å²) in [6, 6.07) is 0.784.